The van der Waals surface area contributed by atoms with Gasteiger partial charge in [-0.3, -0.25) is 0 Å². The monoisotopic (exact) mass is 188 g/mol. The Kier molecular flexibility index (Phi) is 9.94. The average Bonchev–Trinajstić information content (AvgIpc) is 2.13. The summed E-state index contributed by atoms with van der Waals surface area (Å²) in [4.78, 5) is 0. The molecule has 0 saturated heterocycles. The average molecular weight is 188 g/mol. The molecule has 80 valence electrons. The highest BCUT2D eigenvalue weighted by Gasteiger charge is 2.05. The van der Waals surface area contributed by atoms with Gasteiger partial charge >= 0.3 is 0 Å². The van der Waals surface area contributed by atoms with Gasteiger partial charge in [0.15, 0.2) is 0 Å². The number of hydrogen-bond donors (Lipinski definition) is 0. The van der Waals surface area contributed by atoms with Gasteiger partial charge in [0, 0.05) is 19.8 Å². The van der Waals surface area contributed by atoms with Crippen molar-refractivity contribution in [2.24, 2.45) is 0 Å². The normalized spacial score (nSPS) is 13.2. The quantitative estimate of drug-likeness (QED) is 0.518. The van der Waals surface area contributed by atoms with Crippen molar-refractivity contribution >= 4 is 0 Å². The molecule has 0 spiro atoms. The van der Waals surface area contributed by atoms with Gasteiger partial charge < -0.3 is 9.47 Å². The number of hydrogen-bond acceptors (Lipinski definition) is 2. The molecular formula is C11H24O2. The van der Waals surface area contributed by atoms with Gasteiger partial charge in [-0.2, -0.15) is 0 Å². The first-order valence-corrected chi connectivity index (χ1v) is 5.54. The Balaban J connectivity index is 3.33. The van der Waals surface area contributed by atoms with Gasteiger partial charge in [0.2, 0.25) is 0 Å². The van der Waals surface area contributed by atoms with E-state index >= 15 is 0 Å². The lowest BCUT2D eigenvalue weighted by atomic mass is 10.1. The molecule has 0 fully saturated rings. The molecule has 0 aliphatic heterocycles. The van der Waals surface area contributed by atoms with Crippen molar-refractivity contribution in [3.05, 3.63) is 0 Å². The lowest BCUT2D eigenvalue weighted by molar-refractivity contribution is 0.0405. The lowest BCUT2D eigenvalue weighted by Crippen LogP contribution is -2.13. The minimum absolute atomic E-state index is 0.454. The van der Waals surface area contributed by atoms with Gasteiger partial charge in [0.1, 0.15) is 0 Å². The van der Waals surface area contributed by atoms with E-state index < -0.39 is 0 Å². The zero-order valence-corrected chi connectivity index (χ0v) is 9.34. The molecule has 0 aromatic heterocycles. The zero-order chi connectivity index (χ0) is 9.94. The summed E-state index contributed by atoms with van der Waals surface area (Å²) in [5.41, 5.74) is 0. The third kappa shape index (κ3) is 8.26. The Labute approximate surface area is 82.6 Å². The molecule has 0 N–H and O–H groups in total. The van der Waals surface area contributed by atoms with Crippen LogP contribution in [0.3, 0.4) is 0 Å². The van der Waals surface area contributed by atoms with E-state index in [1.165, 1.54) is 12.8 Å². The van der Waals surface area contributed by atoms with Crippen molar-refractivity contribution in [1.29, 1.82) is 0 Å². The van der Waals surface area contributed by atoms with E-state index in [1.807, 2.05) is 6.92 Å². The first-order valence-electron chi connectivity index (χ1n) is 5.54. The Morgan fingerprint density at radius 1 is 1.00 bits per heavy atom. The molecule has 0 radical (unpaired) electrons. The summed E-state index contributed by atoms with van der Waals surface area (Å²) in [6.45, 7) is 8.84. The SMILES string of the molecule is CCCC(CCCOCC)OCC. The van der Waals surface area contributed by atoms with Gasteiger partial charge in [-0.05, 0) is 33.1 Å². The fourth-order valence-corrected chi connectivity index (χ4v) is 1.43. The summed E-state index contributed by atoms with van der Waals surface area (Å²) in [7, 11) is 0. The largest absolute Gasteiger partial charge is 0.382 e. The molecule has 0 amide bonds. The number of rotatable bonds is 9. The van der Waals surface area contributed by atoms with E-state index in [4.69, 9.17) is 9.47 Å². The number of ether oxygens (including phenoxy) is 2. The fourth-order valence-electron chi connectivity index (χ4n) is 1.43. The summed E-state index contributed by atoms with van der Waals surface area (Å²) in [5.74, 6) is 0. The van der Waals surface area contributed by atoms with Crippen LogP contribution >= 0.6 is 0 Å². The van der Waals surface area contributed by atoms with Crippen LogP contribution < -0.4 is 0 Å². The molecule has 2 heteroatoms. The van der Waals surface area contributed by atoms with E-state index in [9.17, 15) is 0 Å². The predicted octanol–water partition coefficient (Wildman–Crippen LogP) is 3.01. The van der Waals surface area contributed by atoms with Gasteiger partial charge in [0.25, 0.3) is 0 Å². The Morgan fingerprint density at radius 3 is 2.31 bits per heavy atom. The lowest BCUT2D eigenvalue weighted by Gasteiger charge is -2.15. The molecule has 0 aromatic rings. The maximum atomic E-state index is 5.61. The van der Waals surface area contributed by atoms with E-state index in [0.717, 1.165) is 32.7 Å². The minimum Gasteiger partial charge on any atom is -0.382 e. The van der Waals surface area contributed by atoms with Crippen molar-refractivity contribution in [3.63, 3.8) is 0 Å². The fraction of sp³-hybridized carbons (Fsp3) is 1.00. The van der Waals surface area contributed by atoms with Crippen LogP contribution in [0.25, 0.3) is 0 Å². The maximum absolute atomic E-state index is 5.61. The third-order valence-electron chi connectivity index (χ3n) is 2.03. The standard InChI is InChI=1S/C11H24O2/c1-4-8-11(13-6-3)9-7-10-12-5-2/h11H,4-10H2,1-3H3. The van der Waals surface area contributed by atoms with Crippen LogP contribution in [0.4, 0.5) is 0 Å². The summed E-state index contributed by atoms with van der Waals surface area (Å²) < 4.78 is 10.9. The van der Waals surface area contributed by atoms with E-state index in [-0.39, 0.29) is 0 Å². The van der Waals surface area contributed by atoms with Gasteiger partial charge in [-0.1, -0.05) is 13.3 Å². The Morgan fingerprint density at radius 2 is 1.77 bits per heavy atom. The van der Waals surface area contributed by atoms with Crippen LogP contribution in [0.1, 0.15) is 46.5 Å². The van der Waals surface area contributed by atoms with Crippen molar-refractivity contribution in [3.8, 4) is 0 Å². The smallest absolute Gasteiger partial charge is 0.0575 e. The van der Waals surface area contributed by atoms with Crippen molar-refractivity contribution in [1.82, 2.24) is 0 Å². The second kappa shape index (κ2) is 10.0. The first kappa shape index (κ1) is 12.9. The van der Waals surface area contributed by atoms with Crippen LogP contribution in [0.15, 0.2) is 0 Å². The zero-order valence-electron chi connectivity index (χ0n) is 9.34. The molecule has 0 aromatic carbocycles. The van der Waals surface area contributed by atoms with Crippen LogP contribution in [0, 0.1) is 0 Å². The van der Waals surface area contributed by atoms with E-state index in [0.29, 0.717) is 6.10 Å². The van der Waals surface area contributed by atoms with E-state index in [2.05, 4.69) is 13.8 Å². The van der Waals surface area contributed by atoms with E-state index in [1.54, 1.807) is 0 Å². The van der Waals surface area contributed by atoms with Crippen LogP contribution in [-0.4, -0.2) is 25.9 Å². The first-order chi connectivity index (χ1) is 6.35. The van der Waals surface area contributed by atoms with Crippen LogP contribution in [0.2, 0.25) is 0 Å². The van der Waals surface area contributed by atoms with Crippen molar-refractivity contribution in [2.75, 3.05) is 19.8 Å². The highest BCUT2D eigenvalue weighted by molar-refractivity contribution is 4.57. The second-order valence-corrected chi connectivity index (χ2v) is 3.21. The molecule has 0 aliphatic rings. The summed E-state index contributed by atoms with van der Waals surface area (Å²) in [6, 6.07) is 0. The molecular weight excluding hydrogens is 164 g/mol. The Bertz CT molecular complexity index is 88.1. The third-order valence-corrected chi connectivity index (χ3v) is 2.03. The molecule has 0 bridgehead atoms. The molecule has 1 unspecified atom stereocenters. The molecule has 0 aliphatic carbocycles. The molecule has 1 atom stereocenters. The van der Waals surface area contributed by atoms with Crippen LogP contribution in [0.5, 0.6) is 0 Å². The molecule has 2 nitrogen and oxygen atoms in total. The molecule has 13 heavy (non-hydrogen) atoms. The maximum Gasteiger partial charge on any atom is 0.0575 e. The van der Waals surface area contributed by atoms with Crippen molar-refractivity contribution < 1.29 is 9.47 Å². The summed E-state index contributed by atoms with van der Waals surface area (Å²) >= 11 is 0. The van der Waals surface area contributed by atoms with Gasteiger partial charge in [-0.15, -0.1) is 0 Å². The molecule has 0 saturated carbocycles. The molecule has 0 heterocycles. The predicted molar refractivity (Wildman–Crippen MR) is 56.0 cm³/mol. The minimum atomic E-state index is 0.454. The summed E-state index contributed by atoms with van der Waals surface area (Å²) in [6.07, 6.45) is 5.11. The second-order valence-electron chi connectivity index (χ2n) is 3.21. The van der Waals surface area contributed by atoms with Crippen molar-refractivity contribution in [2.45, 2.75) is 52.6 Å². The molecule has 0 rings (SSSR count). The Hall–Kier alpha value is -0.0800. The topological polar surface area (TPSA) is 18.5 Å². The summed E-state index contributed by atoms with van der Waals surface area (Å²) in [5, 5.41) is 0. The highest BCUT2D eigenvalue weighted by Crippen LogP contribution is 2.09. The highest BCUT2D eigenvalue weighted by atomic mass is 16.5. The van der Waals surface area contributed by atoms with Gasteiger partial charge in [-0.25, -0.2) is 0 Å². The van der Waals surface area contributed by atoms with Crippen LogP contribution in [-0.2, 0) is 9.47 Å². The van der Waals surface area contributed by atoms with Gasteiger partial charge in [0.05, 0.1) is 6.10 Å².